The number of hydrogen-bond acceptors (Lipinski definition) is 4. The molecule has 0 aliphatic rings. The van der Waals surface area contributed by atoms with Gasteiger partial charge in [-0.3, -0.25) is 4.79 Å². The maximum absolute atomic E-state index is 12.7. The highest BCUT2D eigenvalue weighted by Gasteiger charge is 2.23. The second-order valence-electron chi connectivity index (χ2n) is 9.49. The summed E-state index contributed by atoms with van der Waals surface area (Å²) < 4.78 is 5.55. The number of ether oxygens (including phenoxy) is 1. The molecule has 33 heavy (non-hydrogen) atoms. The lowest BCUT2D eigenvalue weighted by atomic mass is 10.0. The lowest BCUT2D eigenvalue weighted by Crippen LogP contribution is -2.38. The first-order valence-electron chi connectivity index (χ1n) is 11.7. The molecule has 0 bridgehead atoms. The van der Waals surface area contributed by atoms with Gasteiger partial charge in [0.1, 0.15) is 11.6 Å². The van der Waals surface area contributed by atoms with E-state index in [0.717, 1.165) is 23.1 Å². The number of carboxylic acids is 1. The third-order valence-electron chi connectivity index (χ3n) is 5.35. The summed E-state index contributed by atoms with van der Waals surface area (Å²) in [5.74, 6) is -1.03. The highest BCUT2D eigenvalue weighted by atomic mass is 16.6. The number of amides is 1. The van der Waals surface area contributed by atoms with Crippen molar-refractivity contribution < 1.29 is 19.4 Å². The van der Waals surface area contributed by atoms with E-state index in [-0.39, 0.29) is 0 Å². The van der Waals surface area contributed by atoms with Crippen molar-refractivity contribution >= 4 is 12.1 Å². The maximum Gasteiger partial charge on any atom is 0.410 e. The van der Waals surface area contributed by atoms with Gasteiger partial charge in [-0.2, -0.15) is 0 Å². The minimum absolute atomic E-state index is 0.293. The van der Waals surface area contributed by atoms with Crippen molar-refractivity contribution in [2.45, 2.75) is 78.0 Å². The van der Waals surface area contributed by atoms with Crippen molar-refractivity contribution in [1.82, 2.24) is 4.90 Å². The molecule has 0 aromatic heterocycles. The van der Waals surface area contributed by atoms with Crippen LogP contribution in [0.4, 0.5) is 4.79 Å². The lowest BCUT2D eigenvalue weighted by Gasteiger charge is -2.28. The molecule has 2 rings (SSSR count). The van der Waals surface area contributed by atoms with E-state index in [2.05, 4.69) is 43.3 Å². The van der Waals surface area contributed by atoms with E-state index in [1.54, 1.807) is 4.90 Å². The smallest absolute Gasteiger partial charge is 0.410 e. The molecule has 3 N–H and O–H groups in total. The summed E-state index contributed by atoms with van der Waals surface area (Å²) in [6.07, 6.45) is 3.85. The van der Waals surface area contributed by atoms with E-state index in [0.29, 0.717) is 25.9 Å². The molecule has 0 aliphatic carbocycles. The van der Waals surface area contributed by atoms with Crippen LogP contribution in [0, 0.1) is 0 Å². The summed E-state index contributed by atoms with van der Waals surface area (Å²) in [7, 11) is 0. The Hall–Kier alpha value is -2.86. The fourth-order valence-electron chi connectivity index (χ4n) is 3.45. The second kappa shape index (κ2) is 12.4. The summed E-state index contributed by atoms with van der Waals surface area (Å²) in [6, 6.07) is 15.9. The van der Waals surface area contributed by atoms with Crippen molar-refractivity contribution in [3.8, 4) is 11.1 Å². The van der Waals surface area contributed by atoms with Gasteiger partial charge in [-0.15, -0.1) is 0 Å². The average Bonchev–Trinajstić information content (AvgIpc) is 2.76. The van der Waals surface area contributed by atoms with E-state index >= 15 is 0 Å². The van der Waals surface area contributed by atoms with Crippen molar-refractivity contribution in [2.75, 3.05) is 6.54 Å². The molecule has 0 fully saturated rings. The molecule has 0 spiro atoms. The zero-order chi connectivity index (χ0) is 24.4. The molecular weight excluding hydrogens is 416 g/mol. The van der Waals surface area contributed by atoms with Gasteiger partial charge < -0.3 is 20.5 Å². The average molecular weight is 455 g/mol. The summed E-state index contributed by atoms with van der Waals surface area (Å²) in [6.45, 7) is 8.43. The zero-order valence-electron chi connectivity index (χ0n) is 20.3. The van der Waals surface area contributed by atoms with Gasteiger partial charge >= 0.3 is 12.1 Å². The molecule has 0 saturated heterocycles. The number of carbonyl (C=O) groups is 2. The third-order valence-corrected chi connectivity index (χ3v) is 5.35. The first-order valence-corrected chi connectivity index (χ1v) is 11.7. The third kappa shape index (κ3) is 9.26. The number of rotatable bonds is 11. The fourth-order valence-corrected chi connectivity index (χ4v) is 3.45. The molecule has 0 heterocycles. The number of nitrogens with two attached hydrogens (primary N) is 1. The fraction of sp³-hybridized carbons (Fsp3) is 0.481. The molecule has 180 valence electrons. The summed E-state index contributed by atoms with van der Waals surface area (Å²) >= 11 is 0. The number of carboxylic acid groups (broad SMARTS) is 1. The lowest BCUT2D eigenvalue weighted by molar-refractivity contribution is -0.138. The van der Waals surface area contributed by atoms with Crippen molar-refractivity contribution in [3.63, 3.8) is 0 Å². The number of hydrogen-bond donors (Lipinski definition) is 2. The first-order chi connectivity index (χ1) is 15.6. The molecule has 0 saturated carbocycles. The number of unbranched alkanes of at least 4 members (excludes halogenated alkanes) is 1. The Labute approximate surface area is 197 Å². The highest BCUT2D eigenvalue weighted by molar-refractivity contribution is 5.73. The van der Waals surface area contributed by atoms with Gasteiger partial charge in [-0.1, -0.05) is 61.9 Å². The number of benzene rings is 2. The number of aryl methyl sites for hydroxylation is 1. The van der Waals surface area contributed by atoms with Crippen LogP contribution in [0.5, 0.6) is 0 Å². The summed E-state index contributed by atoms with van der Waals surface area (Å²) in [4.78, 5) is 25.3. The van der Waals surface area contributed by atoms with Gasteiger partial charge in [-0.05, 0) is 68.7 Å². The van der Waals surface area contributed by atoms with Gasteiger partial charge in [0.2, 0.25) is 0 Å². The SMILES string of the molecule is CCCCc1ccc(-c2ccc(CN(CCCC(N)C(=O)O)C(=O)OC(C)(C)C)cc2)cc1. The quantitative estimate of drug-likeness (QED) is 0.459. The van der Waals surface area contributed by atoms with Crippen LogP contribution in [0.1, 0.15) is 64.5 Å². The molecule has 1 atom stereocenters. The number of carbonyl (C=O) groups excluding carboxylic acids is 1. The van der Waals surface area contributed by atoms with Crippen LogP contribution in [-0.2, 0) is 22.5 Å². The van der Waals surface area contributed by atoms with Gasteiger partial charge in [0, 0.05) is 13.1 Å². The first kappa shape index (κ1) is 26.4. The molecule has 6 nitrogen and oxygen atoms in total. The predicted molar refractivity (Wildman–Crippen MR) is 132 cm³/mol. The van der Waals surface area contributed by atoms with Crippen molar-refractivity contribution in [2.24, 2.45) is 5.73 Å². The van der Waals surface area contributed by atoms with Crippen LogP contribution < -0.4 is 5.73 Å². The van der Waals surface area contributed by atoms with E-state index < -0.39 is 23.7 Å². The van der Waals surface area contributed by atoms with Crippen molar-refractivity contribution in [1.29, 1.82) is 0 Å². The standard InChI is InChI=1S/C27H38N2O4/c1-5-6-8-20-10-14-22(15-11-20)23-16-12-21(13-17-23)19-29(26(32)33-27(2,3)4)18-7-9-24(28)25(30)31/h10-17,24H,5-9,18-19,28H2,1-4H3,(H,30,31). The van der Waals surface area contributed by atoms with Gasteiger partial charge in [0.15, 0.2) is 0 Å². The predicted octanol–water partition coefficient (Wildman–Crippen LogP) is 5.63. The number of aliphatic carboxylic acids is 1. The zero-order valence-corrected chi connectivity index (χ0v) is 20.3. The maximum atomic E-state index is 12.7. The number of nitrogens with zero attached hydrogens (tertiary/aromatic N) is 1. The van der Waals surface area contributed by atoms with Gasteiger partial charge in [-0.25, -0.2) is 4.79 Å². The molecule has 2 aromatic rings. The molecule has 2 aromatic carbocycles. The summed E-state index contributed by atoms with van der Waals surface area (Å²) in [5, 5.41) is 8.99. The topological polar surface area (TPSA) is 92.9 Å². The van der Waals surface area contributed by atoms with E-state index in [4.69, 9.17) is 15.6 Å². The monoisotopic (exact) mass is 454 g/mol. The van der Waals surface area contributed by atoms with Crippen LogP contribution >= 0.6 is 0 Å². The summed E-state index contributed by atoms with van der Waals surface area (Å²) in [5.41, 5.74) is 9.61. The highest BCUT2D eigenvalue weighted by Crippen LogP contribution is 2.22. The minimum Gasteiger partial charge on any atom is -0.480 e. The minimum atomic E-state index is -1.03. The van der Waals surface area contributed by atoms with Gasteiger partial charge in [0.25, 0.3) is 0 Å². The molecule has 1 unspecified atom stereocenters. The largest absolute Gasteiger partial charge is 0.480 e. The van der Waals surface area contributed by atoms with Gasteiger partial charge in [0.05, 0.1) is 0 Å². The van der Waals surface area contributed by atoms with E-state index in [1.807, 2.05) is 32.9 Å². The van der Waals surface area contributed by atoms with E-state index in [1.165, 1.54) is 18.4 Å². The van der Waals surface area contributed by atoms with Crippen molar-refractivity contribution in [3.05, 3.63) is 59.7 Å². The molecular formula is C27H38N2O4. The van der Waals surface area contributed by atoms with E-state index in [9.17, 15) is 9.59 Å². The van der Waals surface area contributed by atoms with Crippen LogP contribution in [0.3, 0.4) is 0 Å². The molecule has 1 amide bonds. The Morgan fingerprint density at radius 1 is 0.970 bits per heavy atom. The van der Waals surface area contributed by atoms with Crippen LogP contribution in [0.2, 0.25) is 0 Å². The Morgan fingerprint density at radius 3 is 2.00 bits per heavy atom. The van der Waals surface area contributed by atoms with Crippen LogP contribution in [0.15, 0.2) is 48.5 Å². The van der Waals surface area contributed by atoms with Crippen LogP contribution in [0.25, 0.3) is 11.1 Å². The molecule has 0 aliphatic heterocycles. The Bertz CT molecular complexity index is 886. The molecule has 6 heteroatoms. The Kier molecular flexibility index (Phi) is 9.92. The second-order valence-corrected chi connectivity index (χ2v) is 9.49. The Morgan fingerprint density at radius 2 is 1.52 bits per heavy atom. The Balaban J connectivity index is 2.06. The molecule has 0 radical (unpaired) electrons. The normalized spacial score (nSPS) is 12.3. The van der Waals surface area contributed by atoms with Crippen LogP contribution in [-0.4, -0.2) is 40.3 Å².